The molecule has 0 saturated heterocycles. The molecule has 1 aliphatic rings. The number of hydrogen-bond acceptors (Lipinski definition) is 0. The lowest BCUT2D eigenvalue weighted by Crippen LogP contribution is -2.32. The van der Waals surface area contributed by atoms with E-state index in [1.165, 1.54) is 18.9 Å². The first-order valence-corrected chi connectivity index (χ1v) is 8.33. The van der Waals surface area contributed by atoms with Gasteiger partial charge >= 0.3 is 0 Å². The van der Waals surface area contributed by atoms with Gasteiger partial charge in [-0.1, -0.05) is 44.4 Å². The summed E-state index contributed by atoms with van der Waals surface area (Å²) in [5.74, 6) is 0.381. The van der Waals surface area contributed by atoms with E-state index in [9.17, 15) is 4.39 Å². The van der Waals surface area contributed by atoms with Gasteiger partial charge in [-0.15, -0.1) is 11.6 Å². The molecule has 0 heterocycles. The first-order valence-electron chi connectivity index (χ1n) is 7.51. The minimum Gasteiger partial charge on any atom is -0.207 e. The molecule has 1 saturated carbocycles. The van der Waals surface area contributed by atoms with E-state index in [-0.39, 0.29) is 16.6 Å². The standard InChI is InChI=1S/C17H23Cl2F/c1-12(2)11-17(8-3-4-9-17)16(19)10-13-14(18)6-5-7-15(13)20/h5-7,12,16H,3-4,8-11H2,1-2H3. The summed E-state index contributed by atoms with van der Waals surface area (Å²) in [7, 11) is 0. The Morgan fingerprint density at radius 3 is 2.45 bits per heavy atom. The van der Waals surface area contributed by atoms with Crippen LogP contribution in [0.15, 0.2) is 18.2 Å². The zero-order valence-electron chi connectivity index (χ0n) is 12.3. The molecule has 0 aliphatic heterocycles. The van der Waals surface area contributed by atoms with Crippen molar-refractivity contribution in [3.05, 3.63) is 34.6 Å². The molecule has 0 nitrogen and oxygen atoms in total. The van der Waals surface area contributed by atoms with Crippen molar-refractivity contribution in [2.75, 3.05) is 0 Å². The second kappa shape index (κ2) is 6.66. The largest absolute Gasteiger partial charge is 0.207 e. The maximum Gasteiger partial charge on any atom is 0.127 e. The third-order valence-electron chi connectivity index (χ3n) is 4.52. The van der Waals surface area contributed by atoms with Crippen LogP contribution in [-0.4, -0.2) is 5.38 Å². The summed E-state index contributed by atoms with van der Waals surface area (Å²) < 4.78 is 13.9. The molecule has 1 aromatic carbocycles. The maximum absolute atomic E-state index is 13.9. The highest BCUT2D eigenvalue weighted by molar-refractivity contribution is 6.31. The summed E-state index contributed by atoms with van der Waals surface area (Å²) in [6, 6.07) is 4.85. The SMILES string of the molecule is CC(C)CC1(C(Cl)Cc2c(F)cccc2Cl)CCCC1. The zero-order chi connectivity index (χ0) is 14.8. The predicted octanol–water partition coefficient (Wildman–Crippen LogP) is 6.24. The molecule has 3 heteroatoms. The molecule has 0 aromatic heterocycles. The van der Waals surface area contributed by atoms with Crippen LogP contribution >= 0.6 is 23.2 Å². The van der Waals surface area contributed by atoms with Crippen molar-refractivity contribution in [1.29, 1.82) is 0 Å². The lowest BCUT2D eigenvalue weighted by molar-refractivity contribution is 0.220. The van der Waals surface area contributed by atoms with Crippen molar-refractivity contribution in [3.8, 4) is 0 Å². The molecule has 20 heavy (non-hydrogen) atoms. The molecule has 1 fully saturated rings. The van der Waals surface area contributed by atoms with Gasteiger partial charge in [0.05, 0.1) is 0 Å². The van der Waals surface area contributed by atoms with Gasteiger partial charge in [-0.2, -0.15) is 0 Å². The van der Waals surface area contributed by atoms with Crippen LogP contribution in [0.3, 0.4) is 0 Å². The second-order valence-electron chi connectivity index (χ2n) is 6.54. The number of halogens is 3. The maximum atomic E-state index is 13.9. The van der Waals surface area contributed by atoms with E-state index in [2.05, 4.69) is 13.8 Å². The Kier molecular flexibility index (Phi) is 5.36. The summed E-state index contributed by atoms with van der Waals surface area (Å²) in [5.41, 5.74) is 0.727. The quantitative estimate of drug-likeness (QED) is 0.564. The van der Waals surface area contributed by atoms with Crippen LogP contribution in [0.1, 0.15) is 51.5 Å². The fraction of sp³-hybridized carbons (Fsp3) is 0.647. The number of rotatable bonds is 5. The lowest BCUT2D eigenvalue weighted by Gasteiger charge is -2.36. The van der Waals surface area contributed by atoms with E-state index >= 15 is 0 Å². The molecule has 0 N–H and O–H groups in total. The molecular formula is C17H23Cl2F. The molecule has 1 aromatic rings. The van der Waals surface area contributed by atoms with Gasteiger partial charge in [-0.25, -0.2) is 4.39 Å². The normalized spacial score (nSPS) is 19.5. The molecule has 1 unspecified atom stereocenters. The molecule has 2 rings (SSSR count). The van der Waals surface area contributed by atoms with E-state index < -0.39 is 0 Å². The van der Waals surface area contributed by atoms with E-state index in [1.807, 2.05) is 0 Å². The monoisotopic (exact) mass is 316 g/mol. The topological polar surface area (TPSA) is 0 Å². The molecule has 112 valence electrons. The fourth-order valence-corrected chi connectivity index (χ4v) is 4.36. The minimum atomic E-state index is -0.235. The van der Waals surface area contributed by atoms with Gasteiger partial charge in [-0.3, -0.25) is 0 Å². The van der Waals surface area contributed by atoms with Gasteiger partial charge in [0.1, 0.15) is 5.82 Å². The summed E-state index contributed by atoms with van der Waals surface area (Å²) in [4.78, 5) is 0. The first-order chi connectivity index (χ1) is 9.44. The Balaban J connectivity index is 2.19. The Hall–Kier alpha value is -0.270. The minimum absolute atomic E-state index is 0.0400. The summed E-state index contributed by atoms with van der Waals surface area (Å²) in [6.45, 7) is 4.47. The van der Waals surface area contributed by atoms with Crippen molar-refractivity contribution < 1.29 is 4.39 Å². The zero-order valence-corrected chi connectivity index (χ0v) is 13.8. The van der Waals surface area contributed by atoms with Crippen molar-refractivity contribution in [2.24, 2.45) is 11.3 Å². The van der Waals surface area contributed by atoms with Crippen LogP contribution in [0.25, 0.3) is 0 Å². The molecule has 1 atom stereocenters. The summed E-state index contributed by atoms with van der Waals surface area (Å²) >= 11 is 12.9. The summed E-state index contributed by atoms with van der Waals surface area (Å²) in [5, 5.41) is 0.454. The number of benzene rings is 1. The molecule has 0 radical (unpaired) electrons. The van der Waals surface area contributed by atoms with E-state index in [4.69, 9.17) is 23.2 Å². The van der Waals surface area contributed by atoms with Gasteiger partial charge in [0, 0.05) is 16.0 Å². The lowest BCUT2D eigenvalue weighted by atomic mass is 9.74. The fourth-order valence-electron chi connectivity index (χ4n) is 3.66. The van der Waals surface area contributed by atoms with Crippen molar-refractivity contribution in [1.82, 2.24) is 0 Å². The van der Waals surface area contributed by atoms with Gasteiger partial charge < -0.3 is 0 Å². The average molecular weight is 317 g/mol. The second-order valence-corrected chi connectivity index (χ2v) is 7.47. The summed E-state index contributed by atoms with van der Waals surface area (Å²) in [6.07, 6.45) is 6.44. The van der Waals surface area contributed by atoms with Crippen molar-refractivity contribution >= 4 is 23.2 Å². The van der Waals surface area contributed by atoms with Crippen LogP contribution in [0.2, 0.25) is 5.02 Å². The highest BCUT2D eigenvalue weighted by Crippen LogP contribution is 2.49. The predicted molar refractivity (Wildman–Crippen MR) is 85.1 cm³/mol. The van der Waals surface area contributed by atoms with Gasteiger partial charge in [-0.05, 0) is 49.1 Å². The van der Waals surface area contributed by atoms with Crippen LogP contribution in [0.5, 0.6) is 0 Å². The Morgan fingerprint density at radius 1 is 1.25 bits per heavy atom. The Bertz CT molecular complexity index is 430. The van der Waals surface area contributed by atoms with Crippen LogP contribution in [0.4, 0.5) is 4.39 Å². The third-order valence-corrected chi connectivity index (χ3v) is 5.49. The third kappa shape index (κ3) is 3.49. The average Bonchev–Trinajstić information content (AvgIpc) is 2.82. The Labute approximate surface area is 131 Å². The molecule has 0 spiro atoms. The molecule has 1 aliphatic carbocycles. The van der Waals surface area contributed by atoms with Gasteiger partial charge in [0.15, 0.2) is 0 Å². The van der Waals surface area contributed by atoms with Crippen LogP contribution < -0.4 is 0 Å². The molecule has 0 bridgehead atoms. The van der Waals surface area contributed by atoms with Gasteiger partial charge in [0.2, 0.25) is 0 Å². The number of alkyl halides is 1. The van der Waals surface area contributed by atoms with E-state index in [1.54, 1.807) is 12.1 Å². The van der Waals surface area contributed by atoms with Crippen LogP contribution in [0, 0.1) is 17.2 Å². The Morgan fingerprint density at radius 2 is 1.90 bits per heavy atom. The van der Waals surface area contributed by atoms with Gasteiger partial charge in [0.25, 0.3) is 0 Å². The van der Waals surface area contributed by atoms with Crippen LogP contribution in [-0.2, 0) is 6.42 Å². The highest BCUT2D eigenvalue weighted by Gasteiger charge is 2.41. The van der Waals surface area contributed by atoms with Crippen molar-refractivity contribution in [3.63, 3.8) is 0 Å². The van der Waals surface area contributed by atoms with Crippen molar-refractivity contribution in [2.45, 2.75) is 57.7 Å². The smallest absolute Gasteiger partial charge is 0.127 e. The first kappa shape index (κ1) is 16.1. The molecular weight excluding hydrogens is 294 g/mol. The van der Waals surface area contributed by atoms with E-state index in [0.29, 0.717) is 22.9 Å². The number of hydrogen-bond donors (Lipinski definition) is 0. The van der Waals surface area contributed by atoms with E-state index in [0.717, 1.165) is 19.3 Å². The highest BCUT2D eigenvalue weighted by atomic mass is 35.5. The molecule has 0 amide bonds.